The van der Waals surface area contributed by atoms with E-state index in [-0.39, 0.29) is 17.9 Å². The van der Waals surface area contributed by atoms with Crippen LogP contribution >= 0.6 is 0 Å². The molecular weight excluding hydrogens is 510 g/mol. The molecule has 5 rings (SSSR count). The molecule has 1 aliphatic carbocycles. The second kappa shape index (κ2) is 10.6. The quantitative estimate of drug-likeness (QED) is 0.316. The van der Waals surface area contributed by atoms with Crippen molar-refractivity contribution < 1.29 is 24.3 Å². The smallest absolute Gasteiger partial charge is 0.410 e. The van der Waals surface area contributed by atoms with Crippen LogP contribution < -0.4 is 10.8 Å². The van der Waals surface area contributed by atoms with E-state index in [1.54, 1.807) is 38.4 Å². The third-order valence-electron chi connectivity index (χ3n) is 7.78. The van der Waals surface area contributed by atoms with Gasteiger partial charge in [0.05, 0.1) is 17.0 Å². The van der Waals surface area contributed by atoms with Crippen molar-refractivity contribution in [3.05, 3.63) is 65.5 Å². The van der Waals surface area contributed by atoms with Gasteiger partial charge in [-0.05, 0) is 69.9 Å². The summed E-state index contributed by atoms with van der Waals surface area (Å²) in [6, 6.07) is 15.0. The Kier molecular flexibility index (Phi) is 7.31. The van der Waals surface area contributed by atoms with E-state index in [4.69, 9.17) is 9.72 Å². The minimum Gasteiger partial charge on any atom is -0.444 e. The number of piperidine rings is 1. The average molecular weight is 548 g/mol. The average Bonchev–Trinajstić information content (AvgIpc) is 3.57. The van der Waals surface area contributed by atoms with Crippen LogP contribution in [0.2, 0.25) is 0 Å². The normalized spacial score (nSPS) is 20.2. The fraction of sp³-hybridized carbons (Fsp3) is 0.467. The van der Waals surface area contributed by atoms with E-state index in [9.17, 15) is 19.6 Å². The minimum absolute atomic E-state index is 0.0192. The summed E-state index contributed by atoms with van der Waals surface area (Å²) in [7, 11) is 0. The van der Waals surface area contributed by atoms with Crippen LogP contribution in [0.25, 0.3) is 11.0 Å². The van der Waals surface area contributed by atoms with E-state index in [0.29, 0.717) is 25.1 Å². The molecule has 2 fully saturated rings. The number of likely N-dealkylation sites (tertiary alicyclic amines) is 1. The molecule has 1 saturated heterocycles. The summed E-state index contributed by atoms with van der Waals surface area (Å²) in [6.07, 6.45) is 2.06. The molecule has 1 aromatic heterocycles. The lowest BCUT2D eigenvalue weighted by molar-refractivity contribution is -0.135. The first-order valence-corrected chi connectivity index (χ1v) is 13.7. The number of para-hydroxylation sites is 2. The number of carbonyl (C=O) groups excluding carboxylic acids is 3. The topological polar surface area (TPSA) is 126 Å². The number of rotatable bonds is 6. The molecule has 2 aliphatic rings. The number of hydroxylamine groups is 1. The van der Waals surface area contributed by atoms with E-state index in [1.165, 1.54) is 4.90 Å². The SMILES string of the molecule is CC(C)(C)OC(=O)N1CC[C@@H](NC(=O)c2ccc(Cn3c(C4(C)CC4)nc4ccccc43)cc2)[C@@H](C(=O)NO)C1. The second-order valence-corrected chi connectivity index (χ2v) is 12.1. The highest BCUT2D eigenvalue weighted by atomic mass is 16.6. The summed E-state index contributed by atoms with van der Waals surface area (Å²) in [6.45, 7) is 8.54. The van der Waals surface area contributed by atoms with Gasteiger partial charge in [0.1, 0.15) is 11.4 Å². The second-order valence-electron chi connectivity index (χ2n) is 12.1. The van der Waals surface area contributed by atoms with E-state index < -0.39 is 29.6 Å². The fourth-order valence-electron chi connectivity index (χ4n) is 5.27. The van der Waals surface area contributed by atoms with Crippen LogP contribution in [0, 0.1) is 5.92 Å². The Labute approximate surface area is 233 Å². The monoisotopic (exact) mass is 547 g/mol. The molecule has 3 amide bonds. The number of ether oxygens (including phenoxy) is 1. The van der Waals surface area contributed by atoms with Crippen molar-refractivity contribution in [2.75, 3.05) is 13.1 Å². The molecule has 3 aromatic rings. The molecule has 1 aliphatic heterocycles. The maximum Gasteiger partial charge on any atom is 0.410 e. The van der Waals surface area contributed by atoms with Crippen LogP contribution in [-0.4, -0.2) is 62.3 Å². The highest BCUT2D eigenvalue weighted by Gasteiger charge is 2.43. The maximum absolute atomic E-state index is 13.1. The predicted octanol–water partition coefficient (Wildman–Crippen LogP) is 4.00. The number of imidazole rings is 1. The molecule has 212 valence electrons. The van der Waals surface area contributed by atoms with Crippen molar-refractivity contribution in [3.8, 4) is 0 Å². The molecule has 0 unspecified atom stereocenters. The number of amides is 3. The number of nitrogens with zero attached hydrogens (tertiary/aromatic N) is 3. The maximum atomic E-state index is 13.1. The number of hydrogen-bond donors (Lipinski definition) is 3. The Morgan fingerprint density at radius 2 is 1.80 bits per heavy atom. The summed E-state index contributed by atoms with van der Waals surface area (Å²) >= 11 is 0. The van der Waals surface area contributed by atoms with Crippen molar-refractivity contribution >= 4 is 28.9 Å². The van der Waals surface area contributed by atoms with Gasteiger partial charge in [-0.2, -0.15) is 0 Å². The lowest BCUT2D eigenvalue weighted by Gasteiger charge is -2.38. The zero-order valence-electron chi connectivity index (χ0n) is 23.4. The largest absolute Gasteiger partial charge is 0.444 e. The standard InChI is InChI=1S/C30H37N5O5/c1-29(2,3)40-28(38)34-16-13-22(21(18-34)26(37)33-39)31-25(36)20-11-9-19(10-12-20)17-35-24-8-6-5-7-23(24)32-27(35)30(4)14-15-30/h5-12,21-22,39H,13-18H2,1-4H3,(H,31,36)(H,33,37)/t21-,22+/m0/s1. The molecule has 1 saturated carbocycles. The number of benzene rings is 2. The molecule has 3 N–H and O–H groups in total. The Morgan fingerprint density at radius 1 is 1.10 bits per heavy atom. The zero-order chi connectivity index (χ0) is 28.7. The van der Waals surface area contributed by atoms with Crippen LogP contribution in [0.15, 0.2) is 48.5 Å². The van der Waals surface area contributed by atoms with E-state index >= 15 is 0 Å². The molecule has 10 heteroatoms. The minimum atomic E-state index is -0.828. The van der Waals surface area contributed by atoms with Gasteiger partial charge in [0.15, 0.2) is 0 Å². The molecule has 2 atom stereocenters. The number of hydrogen-bond acceptors (Lipinski definition) is 6. The molecule has 2 aromatic carbocycles. The van der Waals surface area contributed by atoms with Crippen LogP contribution in [0.1, 0.15) is 68.7 Å². The van der Waals surface area contributed by atoms with Gasteiger partial charge in [-0.15, -0.1) is 0 Å². The van der Waals surface area contributed by atoms with Crippen molar-refractivity contribution in [2.45, 2.75) is 70.6 Å². The molecule has 2 heterocycles. The molecule has 10 nitrogen and oxygen atoms in total. The third kappa shape index (κ3) is 5.82. The van der Waals surface area contributed by atoms with Crippen molar-refractivity contribution in [1.29, 1.82) is 0 Å². The first-order valence-electron chi connectivity index (χ1n) is 13.7. The van der Waals surface area contributed by atoms with Crippen LogP contribution in [0.3, 0.4) is 0 Å². The van der Waals surface area contributed by atoms with Gasteiger partial charge in [0.25, 0.3) is 5.91 Å². The Balaban J connectivity index is 1.27. The van der Waals surface area contributed by atoms with E-state index in [2.05, 4.69) is 22.9 Å². The zero-order valence-corrected chi connectivity index (χ0v) is 23.4. The van der Waals surface area contributed by atoms with E-state index in [0.717, 1.165) is 35.3 Å². The Bertz CT molecular complexity index is 1420. The first-order chi connectivity index (χ1) is 19.0. The van der Waals surface area contributed by atoms with Gasteiger partial charge >= 0.3 is 6.09 Å². The van der Waals surface area contributed by atoms with Crippen molar-refractivity contribution in [3.63, 3.8) is 0 Å². The molecule has 0 bridgehead atoms. The number of aromatic nitrogens is 2. The van der Waals surface area contributed by atoms with Gasteiger partial charge in [-0.3, -0.25) is 14.8 Å². The molecule has 0 spiro atoms. The summed E-state index contributed by atoms with van der Waals surface area (Å²) in [5.41, 5.74) is 4.70. The summed E-state index contributed by atoms with van der Waals surface area (Å²) in [4.78, 5) is 44.5. The lowest BCUT2D eigenvalue weighted by Crippen LogP contribution is -2.57. The molecule has 40 heavy (non-hydrogen) atoms. The lowest BCUT2D eigenvalue weighted by atomic mass is 9.91. The fourth-order valence-corrected chi connectivity index (χ4v) is 5.27. The number of fused-ring (bicyclic) bond motifs is 1. The summed E-state index contributed by atoms with van der Waals surface area (Å²) < 4.78 is 7.70. The van der Waals surface area contributed by atoms with Gasteiger partial charge < -0.3 is 19.5 Å². The van der Waals surface area contributed by atoms with Crippen molar-refractivity contribution in [2.24, 2.45) is 5.92 Å². The Hall–Kier alpha value is -3.92. The third-order valence-corrected chi connectivity index (χ3v) is 7.78. The van der Waals surface area contributed by atoms with Crippen molar-refractivity contribution in [1.82, 2.24) is 25.2 Å². The number of carbonyl (C=O) groups is 3. The van der Waals surface area contributed by atoms with Gasteiger partial charge in [0, 0.05) is 36.7 Å². The van der Waals surface area contributed by atoms with Gasteiger partial charge in [-0.25, -0.2) is 15.3 Å². The number of nitrogens with one attached hydrogen (secondary N) is 2. The van der Waals surface area contributed by atoms with Crippen LogP contribution in [-0.2, 0) is 21.5 Å². The summed E-state index contributed by atoms with van der Waals surface area (Å²) in [5, 5.41) is 12.2. The predicted molar refractivity (Wildman–Crippen MR) is 149 cm³/mol. The summed E-state index contributed by atoms with van der Waals surface area (Å²) in [5.74, 6) is -0.716. The van der Waals surface area contributed by atoms with Gasteiger partial charge in [-0.1, -0.05) is 31.2 Å². The molecular formula is C30H37N5O5. The molecule has 0 radical (unpaired) electrons. The van der Waals surface area contributed by atoms with Gasteiger partial charge in [0.2, 0.25) is 5.91 Å². The highest BCUT2D eigenvalue weighted by molar-refractivity contribution is 5.95. The highest BCUT2D eigenvalue weighted by Crippen LogP contribution is 2.47. The van der Waals surface area contributed by atoms with Crippen LogP contribution in [0.4, 0.5) is 4.79 Å². The van der Waals surface area contributed by atoms with Crippen LogP contribution in [0.5, 0.6) is 0 Å². The van der Waals surface area contributed by atoms with E-state index in [1.807, 2.05) is 30.3 Å². The Morgan fingerprint density at radius 3 is 2.45 bits per heavy atom. The first kappa shape index (κ1) is 27.6.